The van der Waals surface area contributed by atoms with E-state index in [-0.39, 0.29) is 12.4 Å². The largest absolute Gasteiger partial charge is 0.481 e. The number of halogens is 1. The summed E-state index contributed by atoms with van der Waals surface area (Å²) >= 11 is 0. The van der Waals surface area contributed by atoms with Crippen LogP contribution in [0.2, 0.25) is 0 Å². The molecule has 5 heteroatoms. The SMILES string of the molecule is Cl.O=C(O)[C@@H]1CNC[C@H]1O. The van der Waals surface area contributed by atoms with E-state index in [4.69, 9.17) is 10.2 Å². The average Bonchev–Trinajstić information content (AvgIpc) is 2.13. The van der Waals surface area contributed by atoms with Crippen LogP contribution in [0.1, 0.15) is 0 Å². The molecule has 0 unspecified atom stereocenters. The molecule has 1 heterocycles. The van der Waals surface area contributed by atoms with Crippen molar-refractivity contribution in [1.29, 1.82) is 0 Å². The second-order valence-corrected chi connectivity index (χ2v) is 2.17. The number of β-amino-alcohol motifs (C(OH)–C–C–N with tert-alkyl or cyclic N) is 1. The lowest BCUT2D eigenvalue weighted by atomic mass is 10.1. The van der Waals surface area contributed by atoms with Gasteiger partial charge in [-0.2, -0.15) is 0 Å². The van der Waals surface area contributed by atoms with Crippen LogP contribution in [0.4, 0.5) is 0 Å². The van der Waals surface area contributed by atoms with Crippen molar-refractivity contribution in [3.63, 3.8) is 0 Å². The average molecular weight is 168 g/mol. The lowest BCUT2D eigenvalue weighted by molar-refractivity contribution is -0.143. The Bertz CT molecular complexity index is 130. The highest BCUT2D eigenvalue weighted by Crippen LogP contribution is 2.07. The maximum atomic E-state index is 10.2. The molecular weight excluding hydrogens is 158 g/mol. The minimum atomic E-state index is -0.924. The Labute approximate surface area is 64.6 Å². The number of carboxylic acids is 1. The summed E-state index contributed by atoms with van der Waals surface area (Å²) in [5, 5.41) is 20.1. The molecule has 10 heavy (non-hydrogen) atoms. The van der Waals surface area contributed by atoms with Crippen LogP contribution in [-0.2, 0) is 4.79 Å². The van der Waals surface area contributed by atoms with E-state index in [0.717, 1.165) is 0 Å². The van der Waals surface area contributed by atoms with Crippen LogP contribution in [-0.4, -0.2) is 35.4 Å². The number of aliphatic hydroxyl groups excluding tert-OH is 1. The Morgan fingerprint density at radius 2 is 2.10 bits per heavy atom. The molecule has 0 aromatic rings. The van der Waals surface area contributed by atoms with Crippen LogP contribution in [0.15, 0.2) is 0 Å². The fourth-order valence-corrected chi connectivity index (χ4v) is 0.917. The van der Waals surface area contributed by atoms with Crippen LogP contribution in [0, 0.1) is 5.92 Å². The molecule has 1 aliphatic heterocycles. The van der Waals surface area contributed by atoms with E-state index in [1.165, 1.54) is 0 Å². The molecule has 0 aliphatic carbocycles. The molecule has 0 aromatic heterocycles. The molecule has 0 saturated carbocycles. The third-order valence-corrected chi connectivity index (χ3v) is 1.50. The van der Waals surface area contributed by atoms with E-state index in [2.05, 4.69) is 5.32 Å². The number of carboxylic acid groups (broad SMARTS) is 1. The highest BCUT2D eigenvalue weighted by atomic mass is 35.5. The van der Waals surface area contributed by atoms with Crippen LogP contribution >= 0.6 is 12.4 Å². The van der Waals surface area contributed by atoms with Crippen molar-refractivity contribution in [2.75, 3.05) is 13.1 Å². The summed E-state index contributed by atoms with van der Waals surface area (Å²) in [4.78, 5) is 10.2. The Morgan fingerprint density at radius 1 is 1.50 bits per heavy atom. The zero-order valence-electron chi connectivity index (χ0n) is 5.28. The van der Waals surface area contributed by atoms with Crippen LogP contribution in [0.25, 0.3) is 0 Å². The van der Waals surface area contributed by atoms with Crippen molar-refractivity contribution < 1.29 is 15.0 Å². The molecule has 0 spiro atoms. The Morgan fingerprint density at radius 3 is 2.30 bits per heavy atom. The summed E-state index contributed by atoms with van der Waals surface area (Å²) < 4.78 is 0. The lowest BCUT2D eigenvalue weighted by Gasteiger charge is -2.05. The van der Waals surface area contributed by atoms with E-state index < -0.39 is 18.0 Å². The van der Waals surface area contributed by atoms with E-state index in [1.807, 2.05) is 0 Å². The van der Waals surface area contributed by atoms with Gasteiger partial charge in [-0.25, -0.2) is 0 Å². The van der Waals surface area contributed by atoms with Crippen molar-refractivity contribution >= 4 is 18.4 Å². The van der Waals surface area contributed by atoms with Crippen molar-refractivity contribution in [2.24, 2.45) is 5.92 Å². The Hall–Kier alpha value is -0.320. The summed E-state index contributed by atoms with van der Waals surface area (Å²) in [6, 6.07) is 0. The molecule has 4 nitrogen and oxygen atoms in total. The van der Waals surface area contributed by atoms with Crippen molar-refractivity contribution in [2.45, 2.75) is 6.10 Å². The molecule has 2 atom stereocenters. The predicted molar refractivity (Wildman–Crippen MR) is 37.3 cm³/mol. The van der Waals surface area contributed by atoms with Gasteiger partial charge in [0.2, 0.25) is 0 Å². The van der Waals surface area contributed by atoms with Gasteiger partial charge in [-0.1, -0.05) is 0 Å². The van der Waals surface area contributed by atoms with Crippen molar-refractivity contribution in [1.82, 2.24) is 5.32 Å². The molecule has 0 aromatic carbocycles. The number of aliphatic carboxylic acids is 1. The first-order valence-corrected chi connectivity index (χ1v) is 2.83. The number of aliphatic hydroxyl groups is 1. The summed E-state index contributed by atoms with van der Waals surface area (Å²) in [6.07, 6.45) is -0.706. The minimum absolute atomic E-state index is 0. The van der Waals surface area contributed by atoms with Gasteiger partial charge < -0.3 is 15.5 Å². The van der Waals surface area contributed by atoms with Gasteiger partial charge in [0.1, 0.15) is 0 Å². The maximum absolute atomic E-state index is 10.2. The first-order chi connectivity index (χ1) is 4.22. The Kier molecular flexibility index (Phi) is 3.63. The molecule has 1 saturated heterocycles. The topological polar surface area (TPSA) is 69.6 Å². The fraction of sp³-hybridized carbons (Fsp3) is 0.800. The number of hydrogen-bond acceptors (Lipinski definition) is 3. The van der Waals surface area contributed by atoms with Crippen LogP contribution < -0.4 is 5.32 Å². The summed E-state index contributed by atoms with van der Waals surface area (Å²) in [7, 11) is 0. The van der Waals surface area contributed by atoms with E-state index in [0.29, 0.717) is 13.1 Å². The number of carbonyl (C=O) groups is 1. The van der Waals surface area contributed by atoms with Crippen molar-refractivity contribution in [3.05, 3.63) is 0 Å². The summed E-state index contributed by atoms with van der Waals surface area (Å²) in [6.45, 7) is 0.785. The highest BCUT2D eigenvalue weighted by molar-refractivity contribution is 5.85. The van der Waals surface area contributed by atoms with Crippen LogP contribution in [0.5, 0.6) is 0 Å². The van der Waals surface area contributed by atoms with Gasteiger partial charge in [0.05, 0.1) is 12.0 Å². The maximum Gasteiger partial charge on any atom is 0.310 e. The molecule has 3 N–H and O–H groups in total. The predicted octanol–water partition coefficient (Wildman–Crippen LogP) is -0.927. The number of nitrogens with one attached hydrogen (secondary N) is 1. The monoisotopic (exact) mass is 167 g/mol. The first-order valence-electron chi connectivity index (χ1n) is 2.83. The van der Waals surface area contributed by atoms with E-state index in [9.17, 15) is 4.79 Å². The number of hydrogen-bond donors (Lipinski definition) is 3. The third-order valence-electron chi connectivity index (χ3n) is 1.50. The van der Waals surface area contributed by atoms with Gasteiger partial charge in [-0.3, -0.25) is 4.79 Å². The molecule has 0 bridgehead atoms. The van der Waals surface area contributed by atoms with Gasteiger partial charge >= 0.3 is 5.97 Å². The van der Waals surface area contributed by atoms with Gasteiger partial charge in [0.15, 0.2) is 0 Å². The molecule has 0 radical (unpaired) electrons. The molecule has 1 aliphatic rings. The zero-order chi connectivity index (χ0) is 6.85. The Balaban J connectivity index is 0.000000810. The fourth-order valence-electron chi connectivity index (χ4n) is 0.917. The minimum Gasteiger partial charge on any atom is -0.481 e. The molecule has 1 rings (SSSR count). The van der Waals surface area contributed by atoms with Crippen molar-refractivity contribution in [3.8, 4) is 0 Å². The third kappa shape index (κ3) is 1.83. The van der Waals surface area contributed by atoms with Gasteiger partial charge in [-0.05, 0) is 0 Å². The van der Waals surface area contributed by atoms with Crippen LogP contribution in [0.3, 0.4) is 0 Å². The highest BCUT2D eigenvalue weighted by Gasteiger charge is 2.30. The lowest BCUT2D eigenvalue weighted by Crippen LogP contribution is -2.25. The summed E-state index contributed by atoms with van der Waals surface area (Å²) in [5.74, 6) is -1.53. The molecule has 1 fully saturated rings. The van der Waals surface area contributed by atoms with Gasteiger partial charge in [-0.15, -0.1) is 12.4 Å². The standard InChI is InChI=1S/C5H9NO3.ClH/c7-4-2-6-1-3(4)5(8)9;/h3-4,6-7H,1-2H2,(H,8,9);1H/t3-,4-;/m1./s1. The zero-order valence-corrected chi connectivity index (χ0v) is 6.10. The summed E-state index contributed by atoms with van der Waals surface area (Å²) in [5.41, 5.74) is 0. The van der Waals surface area contributed by atoms with Gasteiger partial charge in [0.25, 0.3) is 0 Å². The second-order valence-electron chi connectivity index (χ2n) is 2.17. The van der Waals surface area contributed by atoms with E-state index >= 15 is 0 Å². The quantitative estimate of drug-likeness (QED) is 0.472. The number of rotatable bonds is 1. The van der Waals surface area contributed by atoms with E-state index in [1.54, 1.807) is 0 Å². The second kappa shape index (κ2) is 3.75. The van der Waals surface area contributed by atoms with Gasteiger partial charge in [0, 0.05) is 13.1 Å². The normalized spacial score (nSPS) is 31.3. The smallest absolute Gasteiger partial charge is 0.310 e. The first kappa shape index (κ1) is 9.68. The molecular formula is C5H10ClNO3. The molecule has 60 valence electrons. The molecule has 0 amide bonds.